The monoisotopic (exact) mass is 459 g/mol. The van der Waals surface area contributed by atoms with Crippen LogP contribution < -0.4 is 15.4 Å². The van der Waals surface area contributed by atoms with Gasteiger partial charge in [0, 0.05) is 32.2 Å². The molecule has 0 aliphatic carbocycles. The SMILES string of the molecule is COCCNc1nc(Nc2ccc(S(C)(=O)=O)cc2OC)nc2[nH]cc(C(F)(F)F)c12. The van der Waals surface area contributed by atoms with Gasteiger partial charge in [0.15, 0.2) is 9.84 Å². The van der Waals surface area contributed by atoms with Crippen LogP contribution in [0.2, 0.25) is 0 Å². The highest BCUT2D eigenvalue weighted by molar-refractivity contribution is 7.90. The van der Waals surface area contributed by atoms with E-state index in [1.54, 1.807) is 0 Å². The Bertz CT molecular complexity index is 1190. The maximum Gasteiger partial charge on any atom is 0.418 e. The molecule has 0 unspecified atom stereocenters. The topological polar surface area (TPSA) is 118 Å². The van der Waals surface area contributed by atoms with Crippen LogP contribution >= 0.6 is 0 Å². The van der Waals surface area contributed by atoms with E-state index in [-0.39, 0.29) is 46.6 Å². The number of halogens is 3. The van der Waals surface area contributed by atoms with E-state index in [0.29, 0.717) is 5.69 Å². The number of anilines is 3. The number of fused-ring (bicyclic) bond motifs is 1. The van der Waals surface area contributed by atoms with E-state index in [1.165, 1.54) is 32.4 Å². The molecule has 31 heavy (non-hydrogen) atoms. The van der Waals surface area contributed by atoms with Gasteiger partial charge in [0.25, 0.3) is 0 Å². The predicted molar refractivity (Wildman–Crippen MR) is 109 cm³/mol. The van der Waals surface area contributed by atoms with Crippen LogP contribution in [-0.4, -0.2) is 57.0 Å². The molecule has 2 heterocycles. The van der Waals surface area contributed by atoms with Gasteiger partial charge in [-0.15, -0.1) is 0 Å². The van der Waals surface area contributed by atoms with Gasteiger partial charge in [0.05, 0.1) is 35.2 Å². The number of aromatic nitrogens is 3. The summed E-state index contributed by atoms with van der Waals surface area (Å²) in [5, 5.41) is 5.48. The summed E-state index contributed by atoms with van der Waals surface area (Å²) in [7, 11) is -0.635. The van der Waals surface area contributed by atoms with Gasteiger partial charge < -0.3 is 25.1 Å². The summed E-state index contributed by atoms with van der Waals surface area (Å²) in [4.78, 5) is 10.9. The fraction of sp³-hybridized carbons (Fsp3) is 0.333. The molecule has 168 valence electrons. The summed E-state index contributed by atoms with van der Waals surface area (Å²) in [6.45, 7) is 0.470. The number of H-pyrrole nitrogens is 1. The lowest BCUT2D eigenvalue weighted by molar-refractivity contribution is -0.136. The van der Waals surface area contributed by atoms with Crippen molar-refractivity contribution in [3.05, 3.63) is 30.0 Å². The number of ether oxygens (including phenoxy) is 2. The third kappa shape index (κ3) is 4.99. The molecule has 0 saturated heterocycles. The molecular formula is C18H20F3N5O4S. The molecule has 0 spiro atoms. The van der Waals surface area contributed by atoms with E-state index < -0.39 is 21.6 Å². The lowest BCUT2D eigenvalue weighted by Gasteiger charge is -2.14. The molecule has 1 aromatic carbocycles. The smallest absolute Gasteiger partial charge is 0.418 e. The van der Waals surface area contributed by atoms with Crippen LogP contribution in [-0.2, 0) is 20.8 Å². The van der Waals surface area contributed by atoms with E-state index in [1.807, 2.05) is 0 Å². The summed E-state index contributed by atoms with van der Waals surface area (Å²) in [6, 6.07) is 4.15. The Hall–Kier alpha value is -3.06. The molecule has 0 bridgehead atoms. The van der Waals surface area contributed by atoms with Crippen LogP contribution in [0.25, 0.3) is 11.0 Å². The molecule has 3 rings (SSSR count). The van der Waals surface area contributed by atoms with Gasteiger partial charge in [-0.1, -0.05) is 0 Å². The van der Waals surface area contributed by atoms with E-state index in [0.717, 1.165) is 12.5 Å². The molecule has 13 heteroatoms. The minimum absolute atomic E-state index is 0.0200. The molecule has 2 aromatic heterocycles. The van der Waals surface area contributed by atoms with Crippen molar-refractivity contribution in [2.45, 2.75) is 11.1 Å². The highest BCUT2D eigenvalue weighted by atomic mass is 32.2. The number of nitrogens with zero attached hydrogens (tertiary/aromatic N) is 2. The second kappa shape index (κ2) is 8.59. The van der Waals surface area contributed by atoms with Crippen molar-refractivity contribution in [3.63, 3.8) is 0 Å². The zero-order valence-corrected chi connectivity index (χ0v) is 17.6. The first-order valence-electron chi connectivity index (χ1n) is 8.89. The van der Waals surface area contributed by atoms with Crippen LogP contribution in [0, 0.1) is 0 Å². The summed E-state index contributed by atoms with van der Waals surface area (Å²) in [5.74, 6) is 0.140. The van der Waals surface area contributed by atoms with Crippen LogP contribution in [0.1, 0.15) is 5.56 Å². The average Bonchev–Trinajstić information content (AvgIpc) is 3.12. The number of hydrogen-bond donors (Lipinski definition) is 3. The molecule has 9 nitrogen and oxygen atoms in total. The van der Waals surface area contributed by atoms with Crippen LogP contribution in [0.5, 0.6) is 5.75 Å². The van der Waals surface area contributed by atoms with E-state index >= 15 is 0 Å². The summed E-state index contributed by atoms with van der Waals surface area (Å²) < 4.78 is 73.8. The van der Waals surface area contributed by atoms with Crippen LogP contribution in [0.15, 0.2) is 29.3 Å². The summed E-state index contributed by atoms with van der Waals surface area (Å²) in [6.07, 6.45) is -2.71. The largest absolute Gasteiger partial charge is 0.495 e. The second-order valence-corrected chi connectivity index (χ2v) is 8.51. The number of alkyl halides is 3. The molecule has 0 fully saturated rings. The Morgan fingerprint density at radius 2 is 1.94 bits per heavy atom. The number of benzene rings is 1. The predicted octanol–water partition coefficient (Wildman–Crippen LogP) is 3.19. The molecule has 0 radical (unpaired) electrons. The first kappa shape index (κ1) is 22.6. The Balaban J connectivity index is 2.05. The van der Waals surface area contributed by atoms with E-state index in [2.05, 4.69) is 25.6 Å². The number of hydrogen-bond acceptors (Lipinski definition) is 8. The summed E-state index contributed by atoms with van der Waals surface area (Å²) >= 11 is 0. The Kier molecular flexibility index (Phi) is 6.27. The van der Waals surface area contributed by atoms with Gasteiger partial charge in [-0.05, 0) is 12.1 Å². The van der Waals surface area contributed by atoms with Crippen LogP contribution in [0.3, 0.4) is 0 Å². The van der Waals surface area contributed by atoms with Crippen molar-refractivity contribution >= 4 is 38.3 Å². The highest BCUT2D eigenvalue weighted by Crippen LogP contribution is 2.38. The van der Waals surface area contributed by atoms with Crippen molar-refractivity contribution in [1.82, 2.24) is 15.0 Å². The van der Waals surface area contributed by atoms with Gasteiger partial charge in [0.1, 0.15) is 17.2 Å². The Morgan fingerprint density at radius 3 is 2.55 bits per heavy atom. The number of sulfone groups is 1. The maximum atomic E-state index is 13.4. The van der Waals surface area contributed by atoms with E-state index in [9.17, 15) is 21.6 Å². The normalized spacial score (nSPS) is 12.2. The third-order valence-corrected chi connectivity index (χ3v) is 5.39. The molecule has 0 atom stereocenters. The lowest BCUT2D eigenvalue weighted by atomic mass is 10.2. The quantitative estimate of drug-likeness (QED) is 0.440. The molecule has 3 aromatic rings. The number of aromatic amines is 1. The fourth-order valence-corrected chi connectivity index (χ4v) is 3.47. The maximum absolute atomic E-state index is 13.4. The van der Waals surface area contributed by atoms with Crippen molar-refractivity contribution in [1.29, 1.82) is 0 Å². The Labute approximate surface area is 175 Å². The first-order chi connectivity index (χ1) is 14.5. The summed E-state index contributed by atoms with van der Waals surface area (Å²) in [5.41, 5.74) is -0.597. The molecule has 0 aliphatic rings. The number of rotatable bonds is 8. The second-order valence-electron chi connectivity index (χ2n) is 6.50. The highest BCUT2D eigenvalue weighted by Gasteiger charge is 2.35. The van der Waals surface area contributed by atoms with Gasteiger partial charge in [-0.3, -0.25) is 0 Å². The van der Waals surface area contributed by atoms with Gasteiger partial charge in [-0.25, -0.2) is 8.42 Å². The Morgan fingerprint density at radius 1 is 1.19 bits per heavy atom. The minimum atomic E-state index is -4.60. The van der Waals surface area contributed by atoms with Crippen molar-refractivity contribution in [2.24, 2.45) is 0 Å². The molecule has 0 saturated carbocycles. The first-order valence-corrected chi connectivity index (χ1v) is 10.8. The van der Waals surface area contributed by atoms with Gasteiger partial charge in [0.2, 0.25) is 5.95 Å². The average molecular weight is 459 g/mol. The zero-order chi connectivity index (χ0) is 22.8. The fourth-order valence-electron chi connectivity index (χ4n) is 2.84. The third-order valence-electron chi connectivity index (χ3n) is 4.28. The minimum Gasteiger partial charge on any atom is -0.495 e. The number of methoxy groups -OCH3 is 2. The lowest BCUT2D eigenvalue weighted by Crippen LogP contribution is -2.12. The molecule has 0 amide bonds. The molecule has 3 N–H and O–H groups in total. The zero-order valence-electron chi connectivity index (χ0n) is 16.8. The van der Waals surface area contributed by atoms with Gasteiger partial charge >= 0.3 is 6.18 Å². The molecular weight excluding hydrogens is 439 g/mol. The number of nitrogens with one attached hydrogen (secondary N) is 3. The van der Waals surface area contributed by atoms with Crippen LogP contribution in [0.4, 0.5) is 30.6 Å². The van der Waals surface area contributed by atoms with Crippen molar-refractivity contribution < 1.29 is 31.1 Å². The van der Waals surface area contributed by atoms with Gasteiger partial charge in [-0.2, -0.15) is 23.1 Å². The van der Waals surface area contributed by atoms with E-state index in [4.69, 9.17) is 9.47 Å². The van der Waals surface area contributed by atoms with Crippen molar-refractivity contribution in [3.8, 4) is 5.75 Å². The standard InChI is InChI=1S/C18H20F3N5O4S/c1-29-7-6-22-15-14-11(18(19,20)21)9-23-16(14)26-17(25-15)24-12-5-4-10(31(3,27)28)8-13(12)30-2/h4-5,8-9H,6-7H2,1-3H3,(H3,22,23,24,25,26). The molecule has 0 aliphatic heterocycles. The van der Waals surface area contributed by atoms with Crippen molar-refractivity contribution in [2.75, 3.05) is 44.3 Å².